The molecule has 2 aliphatic rings. The van der Waals surface area contributed by atoms with Gasteiger partial charge in [0.1, 0.15) is 11.6 Å². The van der Waals surface area contributed by atoms with Crippen LogP contribution in [0.5, 0.6) is 5.75 Å². The molecule has 0 bridgehead atoms. The van der Waals surface area contributed by atoms with Crippen LogP contribution in [-0.4, -0.2) is 57.4 Å². The highest BCUT2D eigenvalue weighted by Crippen LogP contribution is 2.41. The van der Waals surface area contributed by atoms with Gasteiger partial charge in [-0.2, -0.15) is 0 Å². The lowest BCUT2D eigenvalue weighted by Gasteiger charge is -2.25. The van der Waals surface area contributed by atoms with Crippen molar-refractivity contribution in [1.29, 1.82) is 0 Å². The third-order valence-corrected chi connectivity index (χ3v) is 4.48. The largest absolute Gasteiger partial charge is 0.484 e. The second-order valence-electron chi connectivity index (χ2n) is 6.02. The van der Waals surface area contributed by atoms with E-state index >= 15 is 0 Å². The Balaban J connectivity index is 1.56. The number of likely N-dealkylation sites (tertiary alicyclic amines) is 1. The van der Waals surface area contributed by atoms with Gasteiger partial charge in [-0.1, -0.05) is 0 Å². The van der Waals surface area contributed by atoms with Gasteiger partial charge in [0.25, 0.3) is 5.91 Å². The van der Waals surface area contributed by atoms with E-state index in [0.717, 1.165) is 0 Å². The number of methoxy groups -OCH3 is 1. The maximum Gasteiger partial charge on any atom is 0.260 e. The van der Waals surface area contributed by atoms with Crippen LogP contribution in [0.2, 0.25) is 0 Å². The predicted octanol–water partition coefficient (Wildman–Crippen LogP) is 1.33. The van der Waals surface area contributed by atoms with Crippen molar-refractivity contribution in [3.8, 4) is 5.75 Å². The van der Waals surface area contributed by atoms with Crippen LogP contribution in [0.25, 0.3) is 0 Å². The maximum absolute atomic E-state index is 12.8. The van der Waals surface area contributed by atoms with E-state index in [4.69, 9.17) is 14.2 Å². The first kappa shape index (κ1) is 15.2. The first-order valence-corrected chi connectivity index (χ1v) is 7.36. The molecule has 2 fully saturated rings. The SMILES string of the molecule is COC[C@@]12COC[C@@H]1CN(C(=O)COc1ccc(F)cc1)C2. The van der Waals surface area contributed by atoms with E-state index in [1.54, 1.807) is 7.11 Å². The first-order valence-electron chi connectivity index (χ1n) is 7.36. The van der Waals surface area contributed by atoms with E-state index in [-0.39, 0.29) is 23.7 Å². The summed E-state index contributed by atoms with van der Waals surface area (Å²) < 4.78 is 29.1. The third-order valence-electron chi connectivity index (χ3n) is 4.48. The normalized spacial score (nSPS) is 27.0. The van der Waals surface area contributed by atoms with Crippen LogP contribution < -0.4 is 4.74 Å². The average Bonchev–Trinajstić information content (AvgIpc) is 3.03. The van der Waals surface area contributed by atoms with Crippen LogP contribution in [0.3, 0.4) is 0 Å². The van der Waals surface area contributed by atoms with Crippen molar-refractivity contribution >= 4 is 5.91 Å². The second kappa shape index (κ2) is 6.22. The molecular formula is C16H20FNO4. The number of hydrogen-bond acceptors (Lipinski definition) is 4. The maximum atomic E-state index is 12.8. The van der Waals surface area contributed by atoms with Crippen molar-refractivity contribution in [3.05, 3.63) is 30.1 Å². The molecule has 0 aromatic heterocycles. The summed E-state index contributed by atoms with van der Waals surface area (Å²) in [5.74, 6) is 0.424. The van der Waals surface area contributed by atoms with Gasteiger partial charge >= 0.3 is 0 Å². The van der Waals surface area contributed by atoms with Crippen LogP contribution >= 0.6 is 0 Å². The van der Waals surface area contributed by atoms with Crippen LogP contribution in [-0.2, 0) is 14.3 Å². The summed E-state index contributed by atoms with van der Waals surface area (Å²) in [5.41, 5.74) is -0.0831. The molecule has 1 amide bonds. The van der Waals surface area contributed by atoms with E-state index in [1.807, 2.05) is 4.90 Å². The molecule has 2 heterocycles. The second-order valence-corrected chi connectivity index (χ2v) is 6.02. The highest BCUT2D eigenvalue weighted by molar-refractivity contribution is 5.78. The molecular weight excluding hydrogens is 289 g/mol. The summed E-state index contributed by atoms with van der Waals surface area (Å²) in [4.78, 5) is 14.1. The number of fused-ring (bicyclic) bond motifs is 1. The van der Waals surface area contributed by atoms with Crippen LogP contribution in [0.4, 0.5) is 4.39 Å². The minimum atomic E-state index is -0.326. The van der Waals surface area contributed by atoms with Gasteiger partial charge in [0.2, 0.25) is 0 Å². The third kappa shape index (κ3) is 2.94. The zero-order valence-electron chi connectivity index (χ0n) is 12.6. The van der Waals surface area contributed by atoms with E-state index in [1.165, 1.54) is 24.3 Å². The van der Waals surface area contributed by atoms with Crippen LogP contribution in [0.15, 0.2) is 24.3 Å². The number of benzene rings is 1. The Morgan fingerprint density at radius 1 is 1.45 bits per heavy atom. The number of halogens is 1. The quantitative estimate of drug-likeness (QED) is 0.823. The van der Waals surface area contributed by atoms with Crippen molar-refractivity contribution in [2.45, 2.75) is 0 Å². The zero-order chi connectivity index (χ0) is 15.6. The first-order chi connectivity index (χ1) is 10.6. The fraction of sp³-hybridized carbons (Fsp3) is 0.562. The summed E-state index contributed by atoms with van der Waals surface area (Å²) in [6.07, 6.45) is 0. The van der Waals surface area contributed by atoms with Crippen molar-refractivity contribution < 1.29 is 23.4 Å². The van der Waals surface area contributed by atoms with Gasteiger partial charge in [-0.15, -0.1) is 0 Å². The summed E-state index contributed by atoms with van der Waals surface area (Å²) >= 11 is 0. The lowest BCUT2D eigenvalue weighted by molar-refractivity contribution is -0.133. The molecule has 22 heavy (non-hydrogen) atoms. The molecule has 2 saturated heterocycles. The Hall–Kier alpha value is -1.66. The zero-order valence-corrected chi connectivity index (χ0v) is 12.6. The molecule has 0 N–H and O–H groups in total. The molecule has 3 rings (SSSR count). The molecule has 0 saturated carbocycles. The Morgan fingerprint density at radius 2 is 2.23 bits per heavy atom. The summed E-state index contributed by atoms with van der Waals surface area (Å²) in [6.45, 7) is 3.18. The lowest BCUT2D eigenvalue weighted by Crippen LogP contribution is -2.38. The Labute approximate surface area is 128 Å². The topological polar surface area (TPSA) is 48.0 Å². The molecule has 5 nitrogen and oxygen atoms in total. The molecule has 2 atom stereocenters. The smallest absolute Gasteiger partial charge is 0.260 e. The number of hydrogen-bond donors (Lipinski definition) is 0. The van der Waals surface area contributed by atoms with Gasteiger partial charge in [-0.05, 0) is 24.3 Å². The van der Waals surface area contributed by atoms with Crippen molar-refractivity contribution in [2.24, 2.45) is 11.3 Å². The number of nitrogens with zero attached hydrogens (tertiary/aromatic N) is 1. The van der Waals surface area contributed by atoms with E-state index in [9.17, 15) is 9.18 Å². The van der Waals surface area contributed by atoms with E-state index in [2.05, 4.69) is 0 Å². The minimum Gasteiger partial charge on any atom is -0.484 e. The molecule has 0 unspecified atom stereocenters. The molecule has 2 aliphatic heterocycles. The number of carbonyl (C=O) groups excluding carboxylic acids is 1. The van der Waals surface area contributed by atoms with Crippen LogP contribution in [0.1, 0.15) is 0 Å². The molecule has 1 aromatic carbocycles. The van der Waals surface area contributed by atoms with Crippen LogP contribution in [0, 0.1) is 17.2 Å². The van der Waals surface area contributed by atoms with Gasteiger partial charge in [0.15, 0.2) is 6.61 Å². The fourth-order valence-corrected chi connectivity index (χ4v) is 3.28. The van der Waals surface area contributed by atoms with E-state index < -0.39 is 0 Å². The molecule has 0 aliphatic carbocycles. The van der Waals surface area contributed by atoms with E-state index in [0.29, 0.717) is 44.6 Å². The molecule has 120 valence electrons. The standard InChI is InChI=1S/C16H20FNO4/c1-20-10-16-9-18(6-12(16)7-21-11-16)15(19)8-22-14-4-2-13(17)3-5-14/h2-5,12H,6-11H2,1H3/t12-,16-/m0/s1. The number of rotatable bonds is 5. The lowest BCUT2D eigenvalue weighted by atomic mass is 9.82. The number of ether oxygens (including phenoxy) is 3. The summed E-state index contributed by atoms with van der Waals surface area (Å²) in [7, 11) is 1.67. The van der Waals surface area contributed by atoms with Crippen molar-refractivity contribution in [3.63, 3.8) is 0 Å². The van der Waals surface area contributed by atoms with Gasteiger partial charge in [-0.3, -0.25) is 4.79 Å². The van der Waals surface area contributed by atoms with Gasteiger partial charge in [0.05, 0.1) is 19.8 Å². The predicted molar refractivity (Wildman–Crippen MR) is 77.1 cm³/mol. The highest BCUT2D eigenvalue weighted by atomic mass is 19.1. The van der Waals surface area contributed by atoms with Gasteiger partial charge < -0.3 is 19.1 Å². The fourth-order valence-electron chi connectivity index (χ4n) is 3.28. The number of amides is 1. The Morgan fingerprint density at radius 3 is 2.95 bits per heavy atom. The van der Waals surface area contributed by atoms with Crippen molar-refractivity contribution in [1.82, 2.24) is 4.90 Å². The van der Waals surface area contributed by atoms with Gasteiger partial charge in [-0.25, -0.2) is 4.39 Å². The number of carbonyl (C=O) groups is 1. The molecule has 0 radical (unpaired) electrons. The summed E-state index contributed by atoms with van der Waals surface area (Å²) in [5, 5.41) is 0. The minimum absolute atomic E-state index is 0.0394. The molecule has 0 spiro atoms. The average molecular weight is 309 g/mol. The molecule has 1 aromatic rings. The summed E-state index contributed by atoms with van der Waals surface area (Å²) in [6, 6.07) is 5.65. The van der Waals surface area contributed by atoms with Gasteiger partial charge in [0, 0.05) is 31.5 Å². The monoisotopic (exact) mass is 309 g/mol. The molecule has 6 heteroatoms. The van der Waals surface area contributed by atoms with Crippen molar-refractivity contribution in [2.75, 3.05) is 46.6 Å². The Bertz CT molecular complexity index is 535. The highest BCUT2D eigenvalue weighted by Gasteiger charge is 2.51. The Kier molecular flexibility index (Phi) is 4.31.